The minimum absolute atomic E-state index is 0.329. The molecule has 0 saturated carbocycles. The van der Waals surface area contributed by atoms with Gasteiger partial charge in [-0.15, -0.1) is 0 Å². The minimum atomic E-state index is -0.329. The molecule has 0 aliphatic rings. The summed E-state index contributed by atoms with van der Waals surface area (Å²) < 4.78 is 4.95. The Labute approximate surface area is 95.9 Å². The zero-order valence-electron chi connectivity index (χ0n) is 10.2. The van der Waals surface area contributed by atoms with Crippen LogP contribution in [0.25, 0.3) is 0 Å². The maximum Gasteiger partial charge on any atom is 0.269 e. The van der Waals surface area contributed by atoms with Crippen molar-refractivity contribution in [1.29, 1.82) is 0 Å². The zero-order chi connectivity index (χ0) is 12.7. The highest BCUT2D eigenvalue weighted by atomic mass is 16.5. The molecule has 1 amide bonds. The van der Waals surface area contributed by atoms with E-state index >= 15 is 0 Å². The van der Waals surface area contributed by atoms with Crippen molar-refractivity contribution in [3.8, 4) is 5.75 Å². The van der Waals surface area contributed by atoms with Gasteiger partial charge >= 0.3 is 0 Å². The number of benzene rings is 1. The van der Waals surface area contributed by atoms with E-state index in [1.807, 2.05) is 13.8 Å². The number of nitrogens with zero attached hydrogens (tertiary/aromatic N) is 1. The summed E-state index contributed by atoms with van der Waals surface area (Å²) in [6.07, 6.45) is 0. The van der Waals surface area contributed by atoms with E-state index in [4.69, 9.17) is 16.3 Å². The van der Waals surface area contributed by atoms with Crippen molar-refractivity contribution >= 4 is 11.6 Å². The molecule has 5 nitrogen and oxygen atoms in total. The molecule has 4 N–H and O–H groups in total. The van der Waals surface area contributed by atoms with E-state index in [0.29, 0.717) is 17.0 Å². The normalized spacial score (nSPS) is 8.81. The predicted octanol–water partition coefficient (Wildman–Crippen LogP) is 1.25. The van der Waals surface area contributed by atoms with E-state index in [1.54, 1.807) is 18.2 Å². The first kappa shape index (κ1) is 14.2. The van der Waals surface area contributed by atoms with Gasteiger partial charge in [0.15, 0.2) is 0 Å². The number of rotatable bonds is 2. The Morgan fingerprint density at radius 2 is 1.94 bits per heavy atom. The number of hydrogen-bond donors (Lipinski definition) is 2. The molecule has 0 bridgehead atoms. The van der Waals surface area contributed by atoms with Crippen LogP contribution < -0.4 is 16.3 Å². The molecule has 0 unspecified atom stereocenters. The molecular weight excluding hydrogens is 206 g/mol. The first-order valence-corrected chi connectivity index (χ1v) is 5.02. The lowest BCUT2D eigenvalue weighted by Gasteiger charge is -2.12. The second-order valence-electron chi connectivity index (χ2n) is 2.87. The largest absolute Gasteiger partial charge is 0.497 e. The van der Waals surface area contributed by atoms with Gasteiger partial charge in [0.2, 0.25) is 0 Å². The van der Waals surface area contributed by atoms with Crippen molar-refractivity contribution in [2.45, 2.75) is 13.8 Å². The molecule has 1 aromatic carbocycles. The second kappa shape index (κ2) is 6.68. The molecule has 1 rings (SSSR count). The lowest BCUT2D eigenvalue weighted by molar-refractivity contribution is 0.0796. The molecule has 0 aromatic heterocycles. The number of methoxy groups -OCH3 is 1. The van der Waals surface area contributed by atoms with Crippen LogP contribution in [-0.4, -0.2) is 25.1 Å². The molecule has 0 spiro atoms. The zero-order valence-corrected chi connectivity index (χ0v) is 10.2. The third-order valence-corrected chi connectivity index (χ3v) is 1.81. The van der Waals surface area contributed by atoms with Gasteiger partial charge in [0.25, 0.3) is 5.91 Å². The molecule has 0 heterocycles. The van der Waals surface area contributed by atoms with Crippen LogP contribution >= 0.6 is 0 Å². The monoisotopic (exact) mass is 225 g/mol. The lowest BCUT2D eigenvalue weighted by atomic mass is 10.1. The molecule has 0 radical (unpaired) electrons. The topological polar surface area (TPSA) is 81.6 Å². The van der Waals surface area contributed by atoms with Gasteiger partial charge in [-0.2, -0.15) is 0 Å². The van der Waals surface area contributed by atoms with Crippen LogP contribution in [0.15, 0.2) is 18.2 Å². The van der Waals surface area contributed by atoms with E-state index < -0.39 is 0 Å². The van der Waals surface area contributed by atoms with Gasteiger partial charge in [-0.1, -0.05) is 13.8 Å². The molecule has 0 aliphatic heterocycles. The first-order chi connectivity index (χ1) is 7.56. The molecule has 0 aliphatic carbocycles. The number of carbonyl (C=O) groups is 1. The van der Waals surface area contributed by atoms with Crippen LogP contribution in [0.3, 0.4) is 0 Å². The fourth-order valence-electron chi connectivity index (χ4n) is 1.05. The molecule has 5 heteroatoms. The van der Waals surface area contributed by atoms with Gasteiger partial charge in [-0.05, 0) is 12.1 Å². The van der Waals surface area contributed by atoms with Crippen molar-refractivity contribution < 1.29 is 9.53 Å². The number of hydrogen-bond acceptors (Lipinski definition) is 4. The summed E-state index contributed by atoms with van der Waals surface area (Å²) in [5, 5.41) is 0.984. The summed E-state index contributed by atoms with van der Waals surface area (Å²) >= 11 is 0. The number of hydrazine groups is 1. The molecule has 1 aromatic rings. The molecule has 16 heavy (non-hydrogen) atoms. The van der Waals surface area contributed by atoms with E-state index in [1.165, 1.54) is 14.2 Å². The number of nitrogen functional groups attached to an aromatic ring is 1. The van der Waals surface area contributed by atoms with E-state index in [2.05, 4.69) is 0 Å². The molecule has 0 fully saturated rings. The highest BCUT2D eigenvalue weighted by Crippen LogP contribution is 2.19. The molecule has 0 saturated heterocycles. The average molecular weight is 225 g/mol. The third-order valence-electron chi connectivity index (χ3n) is 1.81. The van der Waals surface area contributed by atoms with Gasteiger partial charge in [-0.25, -0.2) is 5.84 Å². The molecule has 0 atom stereocenters. The third kappa shape index (κ3) is 3.43. The Morgan fingerprint density at radius 3 is 2.31 bits per heavy atom. The van der Waals surface area contributed by atoms with Gasteiger partial charge < -0.3 is 10.5 Å². The standard InChI is InChI=1S/C9H13N3O2.C2H6/c1-12(11)9(13)7-4-3-6(14-2)5-8(7)10;1-2/h3-5H,10-11H2,1-2H3;1-2H3. The van der Waals surface area contributed by atoms with Crippen LogP contribution in [0.4, 0.5) is 5.69 Å². The first-order valence-electron chi connectivity index (χ1n) is 5.02. The fraction of sp³-hybridized carbons (Fsp3) is 0.364. The summed E-state index contributed by atoms with van der Waals surface area (Å²) in [7, 11) is 3.00. The Bertz CT molecular complexity index is 351. The van der Waals surface area contributed by atoms with Crippen LogP contribution in [0, 0.1) is 0 Å². The highest BCUT2D eigenvalue weighted by molar-refractivity contribution is 5.98. The lowest BCUT2D eigenvalue weighted by Crippen LogP contribution is -2.33. The van der Waals surface area contributed by atoms with E-state index in [0.717, 1.165) is 5.01 Å². The Kier molecular flexibility index (Phi) is 5.95. The summed E-state index contributed by atoms with van der Waals surface area (Å²) in [4.78, 5) is 11.4. The summed E-state index contributed by atoms with van der Waals surface area (Å²) in [6.45, 7) is 4.00. The van der Waals surface area contributed by atoms with E-state index in [-0.39, 0.29) is 5.91 Å². The SMILES string of the molecule is CC.COc1ccc(C(=O)N(C)N)c(N)c1. The quantitative estimate of drug-likeness (QED) is 0.343. The maximum atomic E-state index is 11.4. The number of ether oxygens (including phenoxy) is 1. The van der Waals surface area contributed by atoms with Crippen LogP contribution in [0.5, 0.6) is 5.75 Å². The highest BCUT2D eigenvalue weighted by Gasteiger charge is 2.12. The van der Waals surface area contributed by atoms with Crippen LogP contribution in [0.1, 0.15) is 24.2 Å². The van der Waals surface area contributed by atoms with Crippen molar-refractivity contribution in [3.05, 3.63) is 23.8 Å². The predicted molar refractivity (Wildman–Crippen MR) is 65.0 cm³/mol. The second-order valence-corrected chi connectivity index (χ2v) is 2.87. The smallest absolute Gasteiger partial charge is 0.269 e. The summed E-state index contributed by atoms with van der Waals surface area (Å²) in [5.41, 5.74) is 6.38. The van der Waals surface area contributed by atoms with Gasteiger partial charge in [0.05, 0.1) is 12.7 Å². The van der Waals surface area contributed by atoms with Gasteiger partial charge in [0, 0.05) is 18.8 Å². The summed E-state index contributed by atoms with van der Waals surface area (Å²) in [5.74, 6) is 5.59. The van der Waals surface area contributed by atoms with Crippen molar-refractivity contribution in [3.63, 3.8) is 0 Å². The average Bonchev–Trinajstić information content (AvgIpc) is 2.30. The molecular formula is C11H19N3O2. The summed E-state index contributed by atoms with van der Waals surface area (Å²) in [6, 6.07) is 4.82. The number of amides is 1. The van der Waals surface area contributed by atoms with Crippen molar-refractivity contribution in [2.24, 2.45) is 5.84 Å². The van der Waals surface area contributed by atoms with Crippen LogP contribution in [-0.2, 0) is 0 Å². The number of anilines is 1. The van der Waals surface area contributed by atoms with Crippen molar-refractivity contribution in [2.75, 3.05) is 19.9 Å². The van der Waals surface area contributed by atoms with E-state index in [9.17, 15) is 4.79 Å². The Hall–Kier alpha value is -1.75. The fourth-order valence-corrected chi connectivity index (χ4v) is 1.05. The van der Waals surface area contributed by atoms with Gasteiger partial charge in [-0.3, -0.25) is 9.80 Å². The Morgan fingerprint density at radius 1 is 1.38 bits per heavy atom. The maximum absolute atomic E-state index is 11.4. The molecule has 90 valence electrons. The minimum Gasteiger partial charge on any atom is -0.497 e. The van der Waals surface area contributed by atoms with Crippen LogP contribution in [0.2, 0.25) is 0 Å². The number of carbonyl (C=O) groups excluding carboxylic acids is 1. The number of nitrogens with two attached hydrogens (primary N) is 2. The van der Waals surface area contributed by atoms with Gasteiger partial charge in [0.1, 0.15) is 5.75 Å². The Balaban J connectivity index is 0.00000106. The van der Waals surface area contributed by atoms with Crippen molar-refractivity contribution in [1.82, 2.24) is 5.01 Å².